The van der Waals surface area contributed by atoms with Crippen molar-refractivity contribution in [3.05, 3.63) is 54.1 Å². The summed E-state index contributed by atoms with van der Waals surface area (Å²) in [6.07, 6.45) is 7.91. The molecule has 3 nitrogen and oxygen atoms in total. The fraction of sp³-hybridized carbons (Fsp3) is 0.444. The summed E-state index contributed by atoms with van der Waals surface area (Å²) in [6.45, 7) is 8.55. The van der Waals surface area contributed by atoms with Crippen molar-refractivity contribution in [2.45, 2.75) is 45.4 Å². The molecule has 1 aromatic carbocycles. The molecule has 0 N–H and O–H groups in total. The summed E-state index contributed by atoms with van der Waals surface area (Å²) in [5.74, 6) is -0.274. The van der Waals surface area contributed by atoms with Crippen molar-refractivity contribution in [1.82, 2.24) is 0 Å². The van der Waals surface area contributed by atoms with Crippen molar-refractivity contribution in [2.24, 2.45) is 0 Å². The van der Waals surface area contributed by atoms with Crippen LogP contribution in [0, 0.1) is 0 Å². The molecule has 0 saturated carbocycles. The molecule has 0 aliphatic carbocycles. The van der Waals surface area contributed by atoms with Crippen molar-refractivity contribution < 1.29 is 13.2 Å². The van der Waals surface area contributed by atoms with E-state index >= 15 is 0 Å². The predicted octanol–water partition coefficient (Wildman–Crippen LogP) is 4.76. The maximum absolute atomic E-state index is 11.9. The van der Waals surface area contributed by atoms with E-state index in [1.54, 1.807) is 30.3 Å². The molecule has 0 unspecified atom stereocenters. The highest BCUT2D eigenvalue weighted by Crippen LogP contribution is 2.11. The summed E-state index contributed by atoms with van der Waals surface area (Å²) in [5.41, 5.74) is 1.14. The van der Waals surface area contributed by atoms with Crippen molar-refractivity contribution in [1.29, 1.82) is 0 Å². The largest absolute Gasteiger partial charge is 0.365 e. The van der Waals surface area contributed by atoms with Gasteiger partial charge in [-0.3, -0.25) is 0 Å². The maximum atomic E-state index is 11.9. The van der Waals surface area contributed by atoms with Gasteiger partial charge in [0.25, 0.3) is 0 Å². The zero-order chi connectivity index (χ0) is 16.8. The van der Waals surface area contributed by atoms with E-state index in [0.29, 0.717) is 17.9 Å². The third kappa shape index (κ3) is 8.80. The smallest absolute Gasteiger partial charge is 0.202 e. The van der Waals surface area contributed by atoms with Crippen LogP contribution < -0.4 is 0 Å². The minimum absolute atomic E-state index is 0.274. The van der Waals surface area contributed by atoms with Gasteiger partial charge in [-0.05, 0) is 32.4 Å². The van der Waals surface area contributed by atoms with Crippen molar-refractivity contribution in [3.8, 4) is 0 Å². The minimum atomic E-state index is -3.34. The number of ether oxygens (including phenoxy) is 1. The van der Waals surface area contributed by atoms with Crippen LogP contribution in [0.1, 0.15) is 40.5 Å². The van der Waals surface area contributed by atoms with Crippen LogP contribution in [0.25, 0.3) is 0 Å². The summed E-state index contributed by atoms with van der Waals surface area (Å²) in [6, 6.07) is 8.36. The molecule has 124 valence electrons. The van der Waals surface area contributed by atoms with E-state index in [1.807, 2.05) is 32.1 Å². The van der Waals surface area contributed by atoms with Crippen LogP contribution in [0.15, 0.2) is 59.0 Å². The van der Waals surface area contributed by atoms with Crippen LogP contribution in [-0.2, 0) is 14.6 Å². The molecule has 0 aliphatic heterocycles. The van der Waals surface area contributed by atoms with Gasteiger partial charge in [0.1, 0.15) is 0 Å². The average molecular weight is 324 g/mol. The Morgan fingerprint density at radius 3 is 2.23 bits per heavy atom. The minimum Gasteiger partial charge on any atom is -0.365 e. The van der Waals surface area contributed by atoms with E-state index in [9.17, 15) is 8.42 Å². The quantitative estimate of drug-likeness (QED) is 0.536. The van der Waals surface area contributed by atoms with Crippen LogP contribution >= 0.6 is 0 Å². The molecule has 1 rings (SSSR count). The lowest BCUT2D eigenvalue weighted by molar-refractivity contribution is 0.180. The van der Waals surface area contributed by atoms with E-state index in [0.717, 1.165) is 5.57 Å². The Morgan fingerprint density at radius 1 is 1.14 bits per heavy atom. The predicted molar refractivity (Wildman–Crippen MR) is 93.6 cm³/mol. The number of hydrogen-bond donors (Lipinski definition) is 0. The van der Waals surface area contributed by atoms with Gasteiger partial charge in [-0.1, -0.05) is 62.3 Å². The Hall–Kier alpha value is -1.39. The van der Waals surface area contributed by atoms with Crippen LogP contribution in [0.5, 0.6) is 0 Å². The number of rotatable bonds is 7. The summed E-state index contributed by atoms with van der Waals surface area (Å²) in [5, 5.41) is 0. The van der Waals surface area contributed by atoms with Gasteiger partial charge in [0, 0.05) is 0 Å². The van der Waals surface area contributed by atoms with Crippen LogP contribution in [0.4, 0.5) is 0 Å². The molecule has 1 aromatic rings. The number of allylic oxidation sites excluding steroid dienone is 3. The zero-order valence-corrected chi connectivity index (χ0v) is 14.9. The van der Waals surface area contributed by atoms with Crippen LogP contribution in [0.3, 0.4) is 0 Å². The molecule has 0 atom stereocenters. The summed E-state index contributed by atoms with van der Waals surface area (Å²) in [4.78, 5) is 0.301. The molecule has 0 fully saturated rings. The van der Waals surface area contributed by atoms with E-state index in [-0.39, 0.29) is 5.94 Å². The molecule has 0 amide bonds. The number of sulfone groups is 1. The molecule has 0 bridgehead atoms. The van der Waals surface area contributed by atoms with Gasteiger partial charge in [-0.25, -0.2) is 8.42 Å². The van der Waals surface area contributed by atoms with Crippen molar-refractivity contribution in [2.75, 3.05) is 12.5 Å². The van der Waals surface area contributed by atoms with Gasteiger partial charge in [0.15, 0.2) is 5.94 Å². The molecule has 0 heterocycles. The Labute approximate surface area is 135 Å². The molecule has 0 radical (unpaired) electrons. The fourth-order valence-corrected chi connectivity index (χ4v) is 2.64. The molecular weight excluding hydrogens is 296 g/mol. The fourth-order valence-electron chi connectivity index (χ4n) is 1.59. The first-order valence-electron chi connectivity index (χ1n) is 7.65. The third-order valence-corrected chi connectivity index (χ3v) is 4.09. The van der Waals surface area contributed by atoms with Gasteiger partial charge >= 0.3 is 0 Å². The highest BCUT2D eigenvalue weighted by molar-refractivity contribution is 7.91. The third-order valence-electron chi connectivity index (χ3n) is 2.63. The van der Waals surface area contributed by atoms with Gasteiger partial charge in [-0.2, -0.15) is 0 Å². The SMILES string of the molecule is C/C=C\C(=C/C)CCOCS(=O)(=O)c1ccccc1.CCC. The molecular formula is C18H28O3S. The van der Waals surface area contributed by atoms with E-state index in [1.165, 1.54) is 6.42 Å². The standard InChI is InChI=1S/C15H20O3S.C3H8/c1-3-8-14(4-2)11-12-18-13-19(16,17)15-9-6-5-7-10-15;1-3-2/h3-10H,11-13H2,1-2H3;3H2,1-2H3/b8-3-,14-4+;. The highest BCUT2D eigenvalue weighted by atomic mass is 32.2. The van der Waals surface area contributed by atoms with E-state index in [2.05, 4.69) is 13.8 Å². The molecule has 4 heteroatoms. The van der Waals surface area contributed by atoms with Gasteiger partial charge in [-0.15, -0.1) is 0 Å². The van der Waals surface area contributed by atoms with Crippen molar-refractivity contribution in [3.63, 3.8) is 0 Å². The normalized spacial score (nSPS) is 12.1. The second-order valence-electron chi connectivity index (χ2n) is 4.77. The number of hydrogen-bond acceptors (Lipinski definition) is 3. The Balaban J connectivity index is 0.00000135. The molecule has 0 spiro atoms. The van der Waals surface area contributed by atoms with E-state index < -0.39 is 9.84 Å². The molecule has 22 heavy (non-hydrogen) atoms. The Bertz CT molecular complexity index is 543. The first kappa shape index (κ1) is 20.6. The molecule has 0 aliphatic rings. The lowest BCUT2D eigenvalue weighted by atomic mass is 10.2. The summed E-state index contributed by atoms with van der Waals surface area (Å²) >= 11 is 0. The van der Waals surface area contributed by atoms with Gasteiger partial charge < -0.3 is 4.74 Å². The van der Waals surface area contributed by atoms with Crippen LogP contribution in [-0.4, -0.2) is 21.0 Å². The Kier molecular flexibility index (Phi) is 11.4. The monoisotopic (exact) mass is 324 g/mol. The first-order valence-corrected chi connectivity index (χ1v) is 9.30. The lowest BCUT2D eigenvalue weighted by Gasteiger charge is -2.06. The topological polar surface area (TPSA) is 43.4 Å². The lowest BCUT2D eigenvalue weighted by Crippen LogP contribution is -2.10. The van der Waals surface area contributed by atoms with Gasteiger partial charge in [0.05, 0.1) is 11.5 Å². The van der Waals surface area contributed by atoms with Crippen molar-refractivity contribution >= 4 is 9.84 Å². The highest BCUT2D eigenvalue weighted by Gasteiger charge is 2.13. The maximum Gasteiger partial charge on any atom is 0.202 e. The first-order chi connectivity index (χ1) is 10.5. The molecule has 0 aromatic heterocycles. The number of benzene rings is 1. The average Bonchev–Trinajstić information content (AvgIpc) is 2.52. The summed E-state index contributed by atoms with van der Waals surface area (Å²) in [7, 11) is -3.34. The second-order valence-corrected chi connectivity index (χ2v) is 6.71. The Morgan fingerprint density at radius 2 is 1.73 bits per heavy atom. The van der Waals surface area contributed by atoms with E-state index in [4.69, 9.17) is 4.74 Å². The summed E-state index contributed by atoms with van der Waals surface area (Å²) < 4.78 is 29.1. The zero-order valence-electron chi connectivity index (χ0n) is 14.1. The van der Waals surface area contributed by atoms with Crippen LogP contribution in [0.2, 0.25) is 0 Å². The van der Waals surface area contributed by atoms with Gasteiger partial charge in [0.2, 0.25) is 9.84 Å². The molecule has 0 saturated heterocycles. The second kappa shape index (κ2) is 12.2.